The van der Waals surface area contributed by atoms with Crippen LogP contribution in [0.25, 0.3) is 21.6 Å². The normalized spacial score (nSPS) is 10.9. The molecule has 7 heteroatoms. The standard InChI is InChI=1S/C20H18N6S/c1-4-13-7-15(19-6-5-14(9-21)27-19)22-11-18(13)26(3)20-8-17-16(10-23-20)24-12-25(17)2/h5-8,10-12H,4H2,1-3H3. The lowest BCUT2D eigenvalue weighted by Gasteiger charge is -2.21. The van der Waals surface area contributed by atoms with Gasteiger partial charge in [0.1, 0.15) is 22.3 Å². The first-order chi connectivity index (χ1) is 13.1. The summed E-state index contributed by atoms with van der Waals surface area (Å²) in [6, 6.07) is 10.1. The van der Waals surface area contributed by atoms with Crippen molar-refractivity contribution in [3.05, 3.63) is 53.4 Å². The molecule has 0 radical (unpaired) electrons. The van der Waals surface area contributed by atoms with E-state index in [0.29, 0.717) is 4.88 Å². The van der Waals surface area contributed by atoms with Crippen molar-refractivity contribution in [2.75, 3.05) is 11.9 Å². The van der Waals surface area contributed by atoms with Crippen molar-refractivity contribution in [2.45, 2.75) is 13.3 Å². The minimum absolute atomic E-state index is 0.694. The van der Waals surface area contributed by atoms with Crippen molar-refractivity contribution in [2.24, 2.45) is 7.05 Å². The number of anilines is 2. The summed E-state index contributed by atoms with van der Waals surface area (Å²) in [5.41, 5.74) is 5.01. The van der Waals surface area contributed by atoms with Crippen molar-refractivity contribution in [3.63, 3.8) is 0 Å². The zero-order chi connectivity index (χ0) is 19.0. The maximum atomic E-state index is 9.04. The van der Waals surface area contributed by atoms with Crippen molar-refractivity contribution in [1.82, 2.24) is 19.5 Å². The first-order valence-corrected chi connectivity index (χ1v) is 9.42. The zero-order valence-electron chi connectivity index (χ0n) is 15.3. The first kappa shape index (κ1) is 17.2. The third-order valence-electron chi connectivity index (χ3n) is 4.62. The lowest BCUT2D eigenvalue weighted by Crippen LogP contribution is -2.14. The number of pyridine rings is 2. The summed E-state index contributed by atoms with van der Waals surface area (Å²) in [6.07, 6.45) is 6.35. The highest BCUT2D eigenvalue weighted by Crippen LogP contribution is 2.32. The Bertz CT molecular complexity index is 1170. The average molecular weight is 374 g/mol. The van der Waals surface area contributed by atoms with E-state index >= 15 is 0 Å². The number of aryl methyl sites for hydroxylation is 2. The second-order valence-electron chi connectivity index (χ2n) is 6.27. The average Bonchev–Trinajstić information content (AvgIpc) is 3.33. The molecule has 6 nitrogen and oxygen atoms in total. The molecule has 0 N–H and O–H groups in total. The van der Waals surface area contributed by atoms with Crippen molar-refractivity contribution in [1.29, 1.82) is 5.26 Å². The van der Waals surface area contributed by atoms with Crippen LogP contribution in [0.4, 0.5) is 11.5 Å². The van der Waals surface area contributed by atoms with Gasteiger partial charge < -0.3 is 9.47 Å². The van der Waals surface area contributed by atoms with Gasteiger partial charge in [-0.15, -0.1) is 11.3 Å². The molecule has 0 atom stereocenters. The van der Waals surface area contributed by atoms with Crippen LogP contribution in [-0.2, 0) is 13.5 Å². The Balaban J connectivity index is 1.73. The van der Waals surface area contributed by atoms with Crippen LogP contribution < -0.4 is 4.90 Å². The van der Waals surface area contributed by atoms with E-state index in [9.17, 15) is 0 Å². The largest absolute Gasteiger partial charge is 0.334 e. The van der Waals surface area contributed by atoms with Gasteiger partial charge in [0.15, 0.2) is 0 Å². The van der Waals surface area contributed by atoms with Crippen LogP contribution >= 0.6 is 11.3 Å². The van der Waals surface area contributed by atoms with Gasteiger partial charge in [0.05, 0.1) is 40.5 Å². The van der Waals surface area contributed by atoms with Gasteiger partial charge in [0, 0.05) is 20.2 Å². The predicted octanol–water partition coefficient (Wildman–Crippen LogP) is 4.29. The summed E-state index contributed by atoms with van der Waals surface area (Å²) < 4.78 is 1.99. The number of hydrogen-bond donors (Lipinski definition) is 0. The van der Waals surface area contributed by atoms with Gasteiger partial charge in [-0.1, -0.05) is 6.92 Å². The van der Waals surface area contributed by atoms with E-state index in [1.165, 1.54) is 16.9 Å². The van der Waals surface area contributed by atoms with Crippen molar-refractivity contribution < 1.29 is 0 Å². The molecule has 0 amide bonds. The molecule has 4 aromatic rings. The zero-order valence-corrected chi connectivity index (χ0v) is 16.2. The number of aromatic nitrogens is 4. The van der Waals surface area contributed by atoms with Gasteiger partial charge in [-0.25, -0.2) is 9.97 Å². The van der Waals surface area contributed by atoms with Crippen LogP contribution in [0.5, 0.6) is 0 Å². The molecule has 4 heterocycles. The fourth-order valence-corrected chi connectivity index (χ4v) is 3.84. The minimum Gasteiger partial charge on any atom is -0.334 e. The van der Waals surface area contributed by atoms with E-state index in [4.69, 9.17) is 5.26 Å². The highest BCUT2D eigenvalue weighted by molar-refractivity contribution is 7.15. The summed E-state index contributed by atoms with van der Waals surface area (Å²) in [5, 5.41) is 9.04. The Morgan fingerprint density at radius 1 is 1.19 bits per heavy atom. The van der Waals surface area contributed by atoms with Crippen molar-refractivity contribution >= 4 is 33.9 Å². The van der Waals surface area contributed by atoms with E-state index in [0.717, 1.165) is 39.5 Å². The molecule has 0 aliphatic heterocycles. The summed E-state index contributed by atoms with van der Waals surface area (Å²) in [5.74, 6) is 0.846. The number of fused-ring (bicyclic) bond motifs is 1. The van der Waals surface area contributed by atoms with Gasteiger partial charge in [0.25, 0.3) is 0 Å². The van der Waals surface area contributed by atoms with E-state index in [1.807, 2.05) is 43.1 Å². The molecule has 0 aliphatic rings. The summed E-state index contributed by atoms with van der Waals surface area (Å²) in [6.45, 7) is 2.13. The van der Waals surface area contributed by atoms with Crippen molar-refractivity contribution in [3.8, 4) is 16.6 Å². The van der Waals surface area contributed by atoms with Gasteiger partial charge in [-0.3, -0.25) is 4.98 Å². The molecule has 0 unspecified atom stereocenters. The van der Waals surface area contributed by atoms with Gasteiger partial charge >= 0.3 is 0 Å². The van der Waals surface area contributed by atoms with Crippen LogP contribution in [0, 0.1) is 11.3 Å². The summed E-state index contributed by atoms with van der Waals surface area (Å²) in [4.78, 5) is 17.3. The van der Waals surface area contributed by atoms with Crippen LogP contribution in [0.15, 0.2) is 43.0 Å². The number of hydrogen-bond acceptors (Lipinski definition) is 6. The number of thiophene rings is 1. The summed E-state index contributed by atoms with van der Waals surface area (Å²) in [7, 11) is 3.97. The van der Waals surface area contributed by atoms with E-state index < -0.39 is 0 Å². The van der Waals surface area contributed by atoms with E-state index in [2.05, 4.69) is 38.9 Å². The fourth-order valence-electron chi connectivity index (χ4n) is 3.07. The minimum atomic E-state index is 0.694. The molecule has 27 heavy (non-hydrogen) atoms. The number of nitrogens with zero attached hydrogens (tertiary/aromatic N) is 6. The molecular formula is C20H18N6S. The highest BCUT2D eigenvalue weighted by atomic mass is 32.1. The number of nitriles is 1. The van der Waals surface area contributed by atoms with Crippen LogP contribution in [0.2, 0.25) is 0 Å². The summed E-state index contributed by atoms with van der Waals surface area (Å²) >= 11 is 1.46. The Morgan fingerprint density at radius 2 is 2.04 bits per heavy atom. The monoisotopic (exact) mass is 374 g/mol. The Kier molecular flexibility index (Phi) is 4.34. The predicted molar refractivity (Wildman–Crippen MR) is 108 cm³/mol. The molecule has 0 spiro atoms. The Morgan fingerprint density at radius 3 is 2.78 bits per heavy atom. The molecule has 0 saturated carbocycles. The van der Waals surface area contributed by atoms with Gasteiger partial charge in [-0.05, 0) is 30.2 Å². The third-order valence-corrected chi connectivity index (χ3v) is 5.63. The molecule has 134 valence electrons. The molecule has 0 bridgehead atoms. The third kappa shape index (κ3) is 3.04. The lowest BCUT2D eigenvalue weighted by molar-refractivity contribution is 0.946. The second-order valence-corrected chi connectivity index (χ2v) is 7.36. The topological polar surface area (TPSA) is 70.6 Å². The van der Waals surface area contributed by atoms with Crippen LogP contribution in [0.1, 0.15) is 17.4 Å². The SMILES string of the molecule is CCc1cc(-c2ccc(C#N)s2)ncc1N(C)c1cc2c(cn1)ncn2C. The first-order valence-electron chi connectivity index (χ1n) is 8.60. The van der Waals surface area contributed by atoms with Crippen LogP contribution in [-0.4, -0.2) is 26.6 Å². The van der Waals surface area contributed by atoms with E-state index in [1.54, 1.807) is 12.5 Å². The fraction of sp³-hybridized carbons (Fsp3) is 0.200. The maximum absolute atomic E-state index is 9.04. The maximum Gasteiger partial charge on any atom is 0.134 e. The molecule has 4 aromatic heterocycles. The highest BCUT2D eigenvalue weighted by Gasteiger charge is 2.14. The molecule has 4 rings (SSSR count). The smallest absolute Gasteiger partial charge is 0.134 e. The van der Waals surface area contributed by atoms with Gasteiger partial charge in [-0.2, -0.15) is 5.26 Å². The number of imidazole rings is 1. The molecule has 0 fully saturated rings. The molecule has 0 saturated heterocycles. The Labute approximate surface area is 161 Å². The second kappa shape index (κ2) is 6.82. The molecule has 0 aliphatic carbocycles. The Hall–Kier alpha value is -3.24. The lowest BCUT2D eigenvalue weighted by atomic mass is 10.1. The van der Waals surface area contributed by atoms with Crippen LogP contribution in [0.3, 0.4) is 0 Å². The van der Waals surface area contributed by atoms with E-state index in [-0.39, 0.29) is 0 Å². The molecule has 0 aromatic carbocycles. The number of rotatable bonds is 4. The van der Waals surface area contributed by atoms with Gasteiger partial charge in [0.2, 0.25) is 0 Å². The quantitative estimate of drug-likeness (QED) is 0.533. The molecular weight excluding hydrogens is 356 g/mol.